The number of rotatable bonds is 5. The maximum absolute atomic E-state index is 11.9. The highest BCUT2D eigenvalue weighted by molar-refractivity contribution is 9.10. The lowest BCUT2D eigenvalue weighted by Crippen LogP contribution is -2.32. The highest BCUT2D eigenvalue weighted by Crippen LogP contribution is 2.21. The van der Waals surface area contributed by atoms with E-state index in [9.17, 15) is 4.79 Å². The first-order valence-electron chi connectivity index (χ1n) is 5.41. The zero-order chi connectivity index (χ0) is 12.8. The highest BCUT2D eigenvalue weighted by atomic mass is 79.9. The average molecular weight is 321 g/mol. The van der Waals surface area contributed by atoms with E-state index in [1.807, 2.05) is 6.92 Å². The summed E-state index contributed by atoms with van der Waals surface area (Å²) in [5, 5.41) is 12.0. The maximum atomic E-state index is 11.9. The smallest absolute Gasteiger partial charge is 0.253 e. The van der Waals surface area contributed by atoms with Crippen LogP contribution in [0.3, 0.4) is 0 Å². The zero-order valence-electron chi connectivity index (χ0n) is 9.54. The lowest BCUT2D eigenvalue weighted by molar-refractivity contribution is 0.0936. The van der Waals surface area contributed by atoms with Gasteiger partial charge in [-0.05, 0) is 38.0 Å². The topological polar surface area (TPSA) is 49.3 Å². The molecule has 94 valence electrons. The van der Waals surface area contributed by atoms with E-state index >= 15 is 0 Å². The van der Waals surface area contributed by atoms with E-state index in [0.29, 0.717) is 17.0 Å². The number of aliphatic hydroxyl groups is 1. The molecule has 1 aromatic carbocycles. The van der Waals surface area contributed by atoms with E-state index in [-0.39, 0.29) is 18.6 Å². The van der Waals surface area contributed by atoms with Crippen molar-refractivity contribution in [2.75, 3.05) is 6.61 Å². The summed E-state index contributed by atoms with van der Waals surface area (Å²) in [7, 11) is 0. The second kappa shape index (κ2) is 6.99. The van der Waals surface area contributed by atoms with Gasteiger partial charge in [0.15, 0.2) is 0 Å². The van der Waals surface area contributed by atoms with Crippen molar-refractivity contribution >= 4 is 33.4 Å². The number of hydrogen-bond donors (Lipinski definition) is 2. The van der Waals surface area contributed by atoms with Crippen LogP contribution in [-0.4, -0.2) is 23.7 Å². The third kappa shape index (κ3) is 4.66. The van der Waals surface area contributed by atoms with Crippen LogP contribution in [0.4, 0.5) is 0 Å². The number of amides is 1. The van der Waals surface area contributed by atoms with Crippen molar-refractivity contribution in [3.05, 3.63) is 33.3 Å². The van der Waals surface area contributed by atoms with Crippen LogP contribution in [0.15, 0.2) is 22.7 Å². The van der Waals surface area contributed by atoms with Gasteiger partial charge in [0.25, 0.3) is 5.91 Å². The molecule has 0 saturated carbocycles. The van der Waals surface area contributed by atoms with Crippen molar-refractivity contribution < 1.29 is 9.90 Å². The molecule has 1 aromatic rings. The van der Waals surface area contributed by atoms with Gasteiger partial charge in [-0.15, -0.1) is 0 Å². The van der Waals surface area contributed by atoms with E-state index in [0.717, 1.165) is 10.9 Å². The molecule has 0 aliphatic carbocycles. The van der Waals surface area contributed by atoms with Crippen molar-refractivity contribution in [2.24, 2.45) is 0 Å². The summed E-state index contributed by atoms with van der Waals surface area (Å²) < 4.78 is 0.815. The predicted molar refractivity (Wildman–Crippen MR) is 72.4 cm³/mol. The summed E-state index contributed by atoms with van der Waals surface area (Å²) in [5.74, 6) is -0.193. The first-order chi connectivity index (χ1) is 8.04. The Labute approximate surface area is 114 Å². The number of carbonyl (C=O) groups excluding carboxylic acids is 1. The van der Waals surface area contributed by atoms with E-state index in [1.165, 1.54) is 0 Å². The molecule has 0 fully saturated rings. The molecule has 3 nitrogen and oxygen atoms in total. The summed E-state index contributed by atoms with van der Waals surface area (Å²) in [5.41, 5.74) is 0.455. The quantitative estimate of drug-likeness (QED) is 0.876. The van der Waals surface area contributed by atoms with Gasteiger partial charge in [-0.3, -0.25) is 4.79 Å². The second-order valence-electron chi connectivity index (χ2n) is 3.86. The van der Waals surface area contributed by atoms with Crippen LogP contribution in [0, 0.1) is 0 Å². The number of halogens is 2. The molecule has 0 aliphatic rings. The highest BCUT2D eigenvalue weighted by Gasteiger charge is 2.13. The molecule has 1 rings (SSSR count). The van der Waals surface area contributed by atoms with Crippen LogP contribution in [0.1, 0.15) is 30.1 Å². The number of benzene rings is 1. The summed E-state index contributed by atoms with van der Waals surface area (Å²) in [6, 6.07) is 5.17. The minimum Gasteiger partial charge on any atom is -0.396 e. The van der Waals surface area contributed by atoms with Crippen LogP contribution in [-0.2, 0) is 0 Å². The van der Waals surface area contributed by atoms with E-state index in [1.54, 1.807) is 18.2 Å². The van der Waals surface area contributed by atoms with Gasteiger partial charge < -0.3 is 10.4 Å². The predicted octanol–water partition coefficient (Wildman–Crippen LogP) is 2.99. The number of hydrogen-bond acceptors (Lipinski definition) is 2. The van der Waals surface area contributed by atoms with Crippen LogP contribution < -0.4 is 5.32 Å². The molecular weight excluding hydrogens is 305 g/mol. The number of aliphatic hydroxyl groups excluding tert-OH is 1. The monoisotopic (exact) mass is 319 g/mol. The Bertz CT molecular complexity index is 398. The largest absolute Gasteiger partial charge is 0.396 e. The molecule has 0 aromatic heterocycles. The third-order valence-electron chi connectivity index (χ3n) is 2.35. The summed E-state index contributed by atoms with van der Waals surface area (Å²) in [6.45, 7) is 2.04. The molecule has 0 heterocycles. The van der Waals surface area contributed by atoms with Gasteiger partial charge in [-0.1, -0.05) is 27.5 Å². The van der Waals surface area contributed by atoms with Crippen LogP contribution in [0.2, 0.25) is 5.02 Å². The van der Waals surface area contributed by atoms with Crippen molar-refractivity contribution in [2.45, 2.75) is 25.8 Å². The summed E-state index contributed by atoms with van der Waals surface area (Å²) in [6.07, 6.45) is 1.42. The fourth-order valence-electron chi connectivity index (χ4n) is 1.44. The normalized spacial score (nSPS) is 12.2. The Morgan fingerprint density at radius 1 is 1.59 bits per heavy atom. The van der Waals surface area contributed by atoms with Gasteiger partial charge in [0.2, 0.25) is 0 Å². The molecule has 1 unspecified atom stereocenters. The van der Waals surface area contributed by atoms with Crippen molar-refractivity contribution in [1.29, 1.82) is 0 Å². The maximum Gasteiger partial charge on any atom is 0.253 e. The summed E-state index contributed by atoms with van der Waals surface area (Å²) in [4.78, 5) is 11.9. The Hall–Kier alpha value is -0.580. The van der Waals surface area contributed by atoms with Gasteiger partial charge >= 0.3 is 0 Å². The van der Waals surface area contributed by atoms with Crippen LogP contribution in [0.5, 0.6) is 0 Å². The van der Waals surface area contributed by atoms with Crippen molar-refractivity contribution in [3.8, 4) is 0 Å². The molecule has 0 bridgehead atoms. The first-order valence-corrected chi connectivity index (χ1v) is 6.58. The minimum atomic E-state index is -0.193. The Balaban J connectivity index is 2.66. The molecule has 0 aliphatic heterocycles. The third-order valence-corrected chi connectivity index (χ3v) is 3.17. The summed E-state index contributed by atoms with van der Waals surface area (Å²) >= 11 is 9.26. The van der Waals surface area contributed by atoms with Gasteiger partial charge in [0.05, 0.1) is 10.6 Å². The van der Waals surface area contributed by atoms with E-state index in [2.05, 4.69) is 21.2 Å². The van der Waals surface area contributed by atoms with E-state index in [4.69, 9.17) is 16.7 Å². The lowest BCUT2D eigenvalue weighted by atomic mass is 10.1. The number of carbonyl (C=O) groups is 1. The molecular formula is C12H15BrClNO2. The van der Waals surface area contributed by atoms with Crippen molar-refractivity contribution in [1.82, 2.24) is 5.32 Å². The minimum absolute atomic E-state index is 0.0182. The fraction of sp³-hybridized carbons (Fsp3) is 0.417. The standard InChI is InChI=1S/C12H15BrClNO2/c1-8(3-2-6-16)15-12(17)10-7-9(13)4-5-11(10)14/h4-5,7-8,16H,2-3,6H2,1H3,(H,15,17). The molecule has 0 radical (unpaired) electrons. The average Bonchev–Trinajstić information content (AvgIpc) is 2.29. The Kier molecular flexibility index (Phi) is 5.95. The molecule has 0 spiro atoms. The Morgan fingerprint density at radius 2 is 2.29 bits per heavy atom. The van der Waals surface area contributed by atoms with Crippen LogP contribution in [0.25, 0.3) is 0 Å². The van der Waals surface area contributed by atoms with Gasteiger partial charge in [0, 0.05) is 17.1 Å². The SMILES string of the molecule is CC(CCCO)NC(=O)c1cc(Br)ccc1Cl. The molecule has 1 amide bonds. The molecule has 0 saturated heterocycles. The molecule has 17 heavy (non-hydrogen) atoms. The van der Waals surface area contributed by atoms with Crippen LogP contribution >= 0.6 is 27.5 Å². The van der Waals surface area contributed by atoms with E-state index < -0.39 is 0 Å². The Morgan fingerprint density at radius 3 is 2.94 bits per heavy atom. The lowest BCUT2D eigenvalue weighted by Gasteiger charge is -2.14. The first kappa shape index (κ1) is 14.5. The van der Waals surface area contributed by atoms with Crippen molar-refractivity contribution in [3.63, 3.8) is 0 Å². The van der Waals surface area contributed by atoms with Gasteiger partial charge in [-0.25, -0.2) is 0 Å². The molecule has 1 atom stereocenters. The molecule has 2 N–H and O–H groups in total. The van der Waals surface area contributed by atoms with Gasteiger partial charge in [-0.2, -0.15) is 0 Å². The zero-order valence-corrected chi connectivity index (χ0v) is 11.9. The van der Waals surface area contributed by atoms with Gasteiger partial charge in [0.1, 0.15) is 0 Å². The molecule has 5 heteroatoms. The number of nitrogens with one attached hydrogen (secondary N) is 1. The second-order valence-corrected chi connectivity index (χ2v) is 5.19. The fourth-order valence-corrected chi connectivity index (χ4v) is 2.01.